The molecule has 2 rings (SSSR count). The van der Waals surface area contributed by atoms with Crippen LogP contribution in [0, 0.1) is 6.92 Å². The number of pyridine rings is 1. The number of anilines is 1. The molecule has 1 saturated heterocycles. The molecule has 1 aliphatic heterocycles. The first-order valence-corrected chi connectivity index (χ1v) is 8.01. The maximum Gasteiger partial charge on any atom is 0.407 e. The van der Waals surface area contributed by atoms with Gasteiger partial charge in [0.15, 0.2) is 0 Å². The van der Waals surface area contributed by atoms with Gasteiger partial charge in [-0.15, -0.1) is 0 Å². The summed E-state index contributed by atoms with van der Waals surface area (Å²) >= 11 is 0. The molecular formula is C17H27N3O2. The van der Waals surface area contributed by atoms with E-state index in [9.17, 15) is 4.79 Å². The zero-order valence-corrected chi connectivity index (χ0v) is 14.1. The van der Waals surface area contributed by atoms with Gasteiger partial charge in [0.2, 0.25) is 0 Å². The maximum atomic E-state index is 11.8. The van der Waals surface area contributed by atoms with Crippen molar-refractivity contribution in [1.29, 1.82) is 0 Å². The van der Waals surface area contributed by atoms with E-state index in [4.69, 9.17) is 4.74 Å². The molecular weight excluding hydrogens is 278 g/mol. The summed E-state index contributed by atoms with van der Waals surface area (Å²) in [6, 6.07) is 4.38. The van der Waals surface area contributed by atoms with Gasteiger partial charge in [-0.3, -0.25) is 0 Å². The Morgan fingerprint density at radius 1 is 1.45 bits per heavy atom. The van der Waals surface area contributed by atoms with Gasteiger partial charge in [0.05, 0.1) is 0 Å². The predicted molar refractivity (Wildman–Crippen MR) is 88.2 cm³/mol. The molecule has 5 nitrogen and oxygen atoms in total. The number of hydrogen-bond acceptors (Lipinski definition) is 4. The van der Waals surface area contributed by atoms with Crippen molar-refractivity contribution in [2.75, 3.05) is 18.0 Å². The third-order valence-electron chi connectivity index (χ3n) is 3.70. The van der Waals surface area contributed by atoms with Crippen molar-refractivity contribution in [1.82, 2.24) is 10.3 Å². The van der Waals surface area contributed by atoms with Crippen LogP contribution in [0.2, 0.25) is 0 Å². The summed E-state index contributed by atoms with van der Waals surface area (Å²) in [5, 5.41) is 2.89. The minimum absolute atomic E-state index is 0.274. The molecule has 1 amide bonds. The molecule has 0 bridgehead atoms. The van der Waals surface area contributed by atoms with Crippen LogP contribution in [0.25, 0.3) is 0 Å². The fourth-order valence-electron chi connectivity index (χ4n) is 2.71. The van der Waals surface area contributed by atoms with Gasteiger partial charge in [-0.2, -0.15) is 0 Å². The molecule has 0 spiro atoms. The number of alkyl carbamates (subject to hydrolysis) is 1. The molecule has 0 saturated carbocycles. The van der Waals surface area contributed by atoms with Gasteiger partial charge in [-0.05, 0) is 64.7 Å². The van der Waals surface area contributed by atoms with Crippen molar-refractivity contribution >= 4 is 11.9 Å². The van der Waals surface area contributed by atoms with Crippen molar-refractivity contribution in [3.63, 3.8) is 0 Å². The number of carbonyl (C=O) groups excluding carboxylic acids is 1. The lowest BCUT2D eigenvalue weighted by molar-refractivity contribution is 0.0523. The average Bonchev–Trinajstić information content (AvgIpc) is 2.44. The summed E-state index contributed by atoms with van der Waals surface area (Å²) in [6.45, 7) is 9.26. The normalized spacial score (nSPS) is 18.9. The largest absolute Gasteiger partial charge is 0.444 e. The highest BCUT2D eigenvalue weighted by molar-refractivity contribution is 5.67. The predicted octanol–water partition coefficient (Wildman–Crippen LogP) is 3.27. The van der Waals surface area contributed by atoms with Crippen LogP contribution in [0.5, 0.6) is 0 Å². The maximum absolute atomic E-state index is 11.8. The smallest absolute Gasteiger partial charge is 0.407 e. The Morgan fingerprint density at radius 2 is 2.23 bits per heavy atom. The van der Waals surface area contributed by atoms with Crippen LogP contribution in [0.4, 0.5) is 10.6 Å². The Morgan fingerprint density at radius 3 is 2.91 bits per heavy atom. The third-order valence-corrected chi connectivity index (χ3v) is 3.70. The minimum atomic E-state index is -0.464. The lowest BCUT2D eigenvalue weighted by Gasteiger charge is -2.37. The highest BCUT2D eigenvalue weighted by Crippen LogP contribution is 2.23. The van der Waals surface area contributed by atoms with Crippen LogP contribution < -0.4 is 10.2 Å². The van der Waals surface area contributed by atoms with Crippen LogP contribution in [0.15, 0.2) is 18.3 Å². The molecule has 0 aromatic carbocycles. The molecule has 2 heterocycles. The first-order valence-electron chi connectivity index (χ1n) is 8.01. The van der Waals surface area contributed by atoms with Gasteiger partial charge in [0.25, 0.3) is 0 Å². The number of hydrogen-bond donors (Lipinski definition) is 1. The van der Waals surface area contributed by atoms with Crippen LogP contribution in [-0.2, 0) is 4.74 Å². The van der Waals surface area contributed by atoms with E-state index in [1.807, 2.05) is 33.0 Å². The summed E-state index contributed by atoms with van der Waals surface area (Å²) < 4.78 is 5.30. The Kier molecular flexibility index (Phi) is 5.27. The molecule has 0 radical (unpaired) electrons. The quantitative estimate of drug-likeness (QED) is 0.931. The Hall–Kier alpha value is -1.78. The molecule has 0 unspecified atom stereocenters. The fraction of sp³-hybridized carbons (Fsp3) is 0.647. The SMILES string of the molecule is Cc1ccnc(N2CCCC[C@H]2CNC(=O)OC(C)(C)C)c1. The number of aromatic nitrogens is 1. The molecule has 1 aromatic heterocycles. The second-order valence-electron chi connectivity index (χ2n) is 6.92. The van der Waals surface area contributed by atoms with Crippen LogP contribution in [0.3, 0.4) is 0 Å². The average molecular weight is 305 g/mol. The number of nitrogens with zero attached hydrogens (tertiary/aromatic N) is 2. The van der Waals surface area contributed by atoms with Crippen molar-refractivity contribution < 1.29 is 9.53 Å². The molecule has 5 heteroatoms. The highest BCUT2D eigenvalue weighted by atomic mass is 16.6. The number of aryl methyl sites for hydroxylation is 1. The van der Waals surface area contributed by atoms with Gasteiger partial charge >= 0.3 is 6.09 Å². The van der Waals surface area contributed by atoms with Gasteiger partial charge in [-0.1, -0.05) is 0 Å². The lowest BCUT2D eigenvalue weighted by Crippen LogP contribution is -2.48. The number of carbonyl (C=O) groups is 1. The summed E-state index contributed by atoms with van der Waals surface area (Å²) in [6.07, 6.45) is 4.90. The summed E-state index contributed by atoms with van der Waals surface area (Å²) in [4.78, 5) is 18.6. The van der Waals surface area contributed by atoms with Gasteiger partial charge < -0.3 is 15.0 Å². The number of ether oxygens (including phenoxy) is 1. The van der Waals surface area contributed by atoms with Crippen molar-refractivity contribution in [2.24, 2.45) is 0 Å². The molecule has 122 valence electrons. The monoisotopic (exact) mass is 305 g/mol. The number of rotatable bonds is 3. The fourth-order valence-corrected chi connectivity index (χ4v) is 2.71. The zero-order valence-electron chi connectivity index (χ0n) is 14.1. The summed E-state index contributed by atoms with van der Waals surface area (Å²) in [5.74, 6) is 0.996. The van der Waals surface area contributed by atoms with Crippen LogP contribution in [0.1, 0.15) is 45.6 Å². The van der Waals surface area contributed by atoms with Gasteiger partial charge in [0.1, 0.15) is 11.4 Å². The summed E-state index contributed by atoms with van der Waals surface area (Å²) in [7, 11) is 0. The Labute approximate surface area is 133 Å². The molecule has 1 aromatic rings. The molecule has 1 aliphatic rings. The lowest BCUT2D eigenvalue weighted by atomic mass is 10.0. The topological polar surface area (TPSA) is 54.5 Å². The van der Waals surface area contributed by atoms with E-state index < -0.39 is 5.60 Å². The Bertz CT molecular complexity index is 511. The molecule has 1 fully saturated rings. The van der Waals surface area contributed by atoms with E-state index in [2.05, 4.69) is 28.2 Å². The van der Waals surface area contributed by atoms with Gasteiger partial charge in [0, 0.05) is 25.3 Å². The van der Waals surface area contributed by atoms with E-state index in [1.165, 1.54) is 18.4 Å². The van der Waals surface area contributed by atoms with Crippen LogP contribution in [-0.4, -0.2) is 35.8 Å². The van der Waals surface area contributed by atoms with Crippen molar-refractivity contribution in [3.8, 4) is 0 Å². The number of nitrogens with one attached hydrogen (secondary N) is 1. The van der Waals surface area contributed by atoms with Crippen molar-refractivity contribution in [3.05, 3.63) is 23.9 Å². The summed E-state index contributed by atoms with van der Waals surface area (Å²) in [5.41, 5.74) is 0.739. The van der Waals surface area contributed by atoms with E-state index in [0.717, 1.165) is 18.8 Å². The minimum Gasteiger partial charge on any atom is -0.444 e. The highest BCUT2D eigenvalue weighted by Gasteiger charge is 2.25. The first kappa shape index (κ1) is 16.6. The number of amides is 1. The molecule has 0 aliphatic carbocycles. The van der Waals surface area contributed by atoms with Crippen LogP contribution >= 0.6 is 0 Å². The van der Waals surface area contributed by atoms with Crippen molar-refractivity contribution in [2.45, 2.75) is 58.6 Å². The van der Waals surface area contributed by atoms with E-state index in [0.29, 0.717) is 6.54 Å². The number of piperidine rings is 1. The standard InChI is InChI=1S/C17H27N3O2/c1-13-8-9-18-15(11-13)20-10-6-5-7-14(20)12-19-16(21)22-17(2,3)4/h8-9,11,14H,5-7,10,12H2,1-4H3,(H,19,21)/t14-/m0/s1. The first-order chi connectivity index (χ1) is 10.3. The molecule has 1 N–H and O–H groups in total. The van der Waals surface area contributed by atoms with E-state index in [1.54, 1.807) is 0 Å². The molecule has 22 heavy (non-hydrogen) atoms. The molecule has 1 atom stereocenters. The van der Waals surface area contributed by atoms with E-state index >= 15 is 0 Å². The Balaban J connectivity index is 1.97. The van der Waals surface area contributed by atoms with E-state index in [-0.39, 0.29) is 12.1 Å². The zero-order chi connectivity index (χ0) is 16.2. The second-order valence-corrected chi connectivity index (χ2v) is 6.92. The third kappa shape index (κ3) is 4.90. The second kappa shape index (κ2) is 6.99. The van der Waals surface area contributed by atoms with Gasteiger partial charge in [-0.25, -0.2) is 9.78 Å².